The Kier molecular flexibility index (Phi) is 3.11. The molecule has 84 valence electrons. The minimum absolute atomic E-state index is 0.116. The van der Waals surface area contributed by atoms with Crippen LogP contribution in [0, 0.1) is 5.92 Å². The van der Waals surface area contributed by atoms with Crippen LogP contribution in [0.2, 0.25) is 0 Å². The Morgan fingerprint density at radius 1 is 1.06 bits per heavy atom. The number of hydrogen-bond donors (Lipinski definition) is 1. The first kappa shape index (κ1) is 11.0. The predicted octanol–water partition coefficient (Wildman–Crippen LogP) is 2.53. The highest BCUT2D eigenvalue weighted by Crippen LogP contribution is 2.27. The minimum Gasteiger partial charge on any atom is -0.387 e. The van der Waals surface area contributed by atoms with Gasteiger partial charge in [0.25, 0.3) is 0 Å². The predicted molar refractivity (Wildman–Crippen MR) is 67.5 cm³/mol. The van der Waals surface area contributed by atoms with E-state index in [4.69, 9.17) is 0 Å². The van der Waals surface area contributed by atoms with E-state index in [1.165, 1.54) is 0 Å². The summed E-state index contributed by atoms with van der Waals surface area (Å²) in [5.74, 6) is 0.116. The molecular formula is C14H17NO. The summed E-state index contributed by atoms with van der Waals surface area (Å²) in [6, 6.07) is 8.03. The number of benzene rings is 1. The van der Waals surface area contributed by atoms with Crippen LogP contribution in [-0.2, 0) is 0 Å². The maximum Gasteiger partial charge on any atom is 0.0887 e. The van der Waals surface area contributed by atoms with Gasteiger partial charge in [-0.05, 0) is 17.7 Å². The molecule has 1 aliphatic carbocycles. The molecule has 2 nitrogen and oxygen atoms in total. The van der Waals surface area contributed by atoms with E-state index in [-0.39, 0.29) is 5.92 Å². The van der Waals surface area contributed by atoms with E-state index in [9.17, 15) is 5.11 Å². The van der Waals surface area contributed by atoms with Crippen molar-refractivity contribution >= 4 is 5.69 Å². The molecule has 0 heterocycles. The fourth-order valence-corrected chi connectivity index (χ4v) is 1.85. The summed E-state index contributed by atoms with van der Waals surface area (Å²) in [7, 11) is 4.02. The zero-order chi connectivity index (χ0) is 11.5. The second-order valence-corrected chi connectivity index (χ2v) is 4.28. The third kappa shape index (κ3) is 2.17. The molecule has 1 atom stereocenters. The number of hydrogen-bond acceptors (Lipinski definition) is 2. The summed E-state index contributed by atoms with van der Waals surface area (Å²) in [5, 5.41) is 10.1. The van der Waals surface area contributed by atoms with Gasteiger partial charge >= 0.3 is 0 Å². The molecule has 0 aromatic heterocycles. The van der Waals surface area contributed by atoms with Crippen molar-refractivity contribution in [2.24, 2.45) is 5.92 Å². The van der Waals surface area contributed by atoms with Crippen molar-refractivity contribution in [2.75, 3.05) is 19.0 Å². The molecule has 0 aliphatic heterocycles. The smallest absolute Gasteiger partial charge is 0.0887 e. The Labute approximate surface area is 96.5 Å². The monoisotopic (exact) mass is 215 g/mol. The fourth-order valence-electron chi connectivity index (χ4n) is 1.85. The molecule has 2 heteroatoms. The summed E-state index contributed by atoms with van der Waals surface area (Å²) in [6.07, 6.45) is 7.55. The van der Waals surface area contributed by atoms with Crippen LogP contribution in [0.5, 0.6) is 0 Å². The summed E-state index contributed by atoms with van der Waals surface area (Å²) in [5.41, 5.74) is 2.11. The molecular weight excluding hydrogens is 198 g/mol. The second kappa shape index (κ2) is 4.54. The van der Waals surface area contributed by atoms with Gasteiger partial charge in [-0.25, -0.2) is 0 Å². The van der Waals surface area contributed by atoms with Gasteiger partial charge in [-0.3, -0.25) is 0 Å². The van der Waals surface area contributed by atoms with Gasteiger partial charge in [0.15, 0.2) is 0 Å². The van der Waals surface area contributed by atoms with Gasteiger partial charge in [-0.2, -0.15) is 0 Å². The standard InChI is InChI=1S/C14H17NO/c1-15(2)13-9-7-12(8-10-13)14(16)11-5-3-4-6-11/h3-11,14,16H,1-2H3. The number of nitrogens with zero attached hydrogens (tertiary/aromatic N) is 1. The van der Waals surface area contributed by atoms with Crippen molar-refractivity contribution in [3.8, 4) is 0 Å². The molecule has 1 aromatic carbocycles. The van der Waals surface area contributed by atoms with Crippen LogP contribution < -0.4 is 4.90 Å². The number of rotatable bonds is 3. The highest BCUT2D eigenvalue weighted by molar-refractivity contribution is 5.46. The first-order valence-corrected chi connectivity index (χ1v) is 5.49. The van der Waals surface area contributed by atoms with Crippen LogP contribution in [-0.4, -0.2) is 19.2 Å². The van der Waals surface area contributed by atoms with E-state index in [2.05, 4.69) is 0 Å². The molecule has 1 N–H and O–H groups in total. The van der Waals surface area contributed by atoms with Crippen LogP contribution >= 0.6 is 0 Å². The third-order valence-corrected chi connectivity index (χ3v) is 2.89. The molecule has 1 unspecified atom stereocenters. The average molecular weight is 215 g/mol. The van der Waals surface area contributed by atoms with Crippen molar-refractivity contribution in [3.63, 3.8) is 0 Å². The highest BCUT2D eigenvalue weighted by atomic mass is 16.3. The van der Waals surface area contributed by atoms with Crippen molar-refractivity contribution in [2.45, 2.75) is 6.10 Å². The van der Waals surface area contributed by atoms with Gasteiger partial charge in [0.1, 0.15) is 0 Å². The molecule has 0 spiro atoms. The van der Waals surface area contributed by atoms with Gasteiger partial charge < -0.3 is 10.0 Å². The largest absolute Gasteiger partial charge is 0.387 e. The summed E-state index contributed by atoms with van der Waals surface area (Å²) in [4.78, 5) is 2.05. The Morgan fingerprint density at radius 2 is 1.62 bits per heavy atom. The van der Waals surface area contributed by atoms with E-state index >= 15 is 0 Å². The highest BCUT2D eigenvalue weighted by Gasteiger charge is 2.17. The zero-order valence-corrected chi connectivity index (χ0v) is 9.67. The zero-order valence-electron chi connectivity index (χ0n) is 9.67. The SMILES string of the molecule is CN(C)c1ccc(C(O)C2C=CC=C2)cc1. The van der Waals surface area contributed by atoms with E-state index in [1.807, 2.05) is 67.6 Å². The van der Waals surface area contributed by atoms with Crippen LogP contribution in [0.15, 0.2) is 48.6 Å². The molecule has 1 aliphatic rings. The quantitative estimate of drug-likeness (QED) is 0.837. The molecule has 16 heavy (non-hydrogen) atoms. The topological polar surface area (TPSA) is 23.5 Å². The van der Waals surface area contributed by atoms with Gasteiger partial charge in [-0.1, -0.05) is 36.4 Å². The first-order chi connectivity index (χ1) is 7.68. The van der Waals surface area contributed by atoms with Crippen LogP contribution in [0.3, 0.4) is 0 Å². The van der Waals surface area contributed by atoms with Crippen LogP contribution in [0.4, 0.5) is 5.69 Å². The lowest BCUT2D eigenvalue weighted by atomic mass is 9.97. The van der Waals surface area contributed by atoms with Gasteiger partial charge in [0.2, 0.25) is 0 Å². The number of anilines is 1. The van der Waals surface area contributed by atoms with Gasteiger partial charge in [0.05, 0.1) is 6.10 Å². The third-order valence-electron chi connectivity index (χ3n) is 2.89. The van der Waals surface area contributed by atoms with E-state index in [1.54, 1.807) is 0 Å². The summed E-state index contributed by atoms with van der Waals surface area (Å²) >= 11 is 0. The Balaban J connectivity index is 2.15. The number of aliphatic hydroxyl groups is 1. The lowest BCUT2D eigenvalue weighted by Crippen LogP contribution is -2.10. The van der Waals surface area contributed by atoms with Crippen molar-refractivity contribution in [3.05, 3.63) is 54.1 Å². The molecule has 0 amide bonds. The lowest BCUT2D eigenvalue weighted by Gasteiger charge is -2.17. The molecule has 0 saturated heterocycles. The van der Waals surface area contributed by atoms with Gasteiger partial charge in [0, 0.05) is 25.7 Å². The Morgan fingerprint density at radius 3 is 2.12 bits per heavy atom. The Hall–Kier alpha value is -1.54. The Bertz CT molecular complexity index is 391. The van der Waals surface area contributed by atoms with Crippen molar-refractivity contribution in [1.82, 2.24) is 0 Å². The lowest BCUT2D eigenvalue weighted by molar-refractivity contribution is 0.152. The molecule has 1 aromatic rings. The molecule has 2 rings (SSSR count). The van der Waals surface area contributed by atoms with Gasteiger partial charge in [-0.15, -0.1) is 0 Å². The first-order valence-electron chi connectivity index (χ1n) is 5.49. The molecule has 0 radical (unpaired) electrons. The fraction of sp³-hybridized carbons (Fsp3) is 0.286. The molecule has 0 fully saturated rings. The van der Waals surface area contributed by atoms with E-state index in [0.717, 1.165) is 11.3 Å². The van der Waals surface area contributed by atoms with Crippen LogP contribution in [0.25, 0.3) is 0 Å². The second-order valence-electron chi connectivity index (χ2n) is 4.28. The van der Waals surface area contributed by atoms with Crippen molar-refractivity contribution < 1.29 is 5.11 Å². The average Bonchev–Trinajstić information content (AvgIpc) is 2.81. The molecule has 0 bridgehead atoms. The van der Waals surface area contributed by atoms with E-state index < -0.39 is 6.10 Å². The normalized spacial score (nSPS) is 16.7. The van der Waals surface area contributed by atoms with E-state index in [0.29, 0.717) is 0 Å². The van der Waals surface area contributed by atoms with Crippen LogP contribution in [0.1, 0.15) is 11.7 Å². The van der Waals surface area contributed by atoms with Crippen molar-refractivity contribution in [1.29, 1.82) is 0 Å². The summed E-state index contributed by atoms with van der Waals surface area (Å²) in [6.45, 7) is 0. The number of aliphatic hydroxyl groups excluding tert-OH is 1. The summed E-state index contributed by atoms with van der Waals surface area (Å²) < 4.78 is 0. The maximum absolute atomic E-state index is 10.1. The molecule has 0 saturated carbocycles. The number of allylic oxidation sites excluding steroid dienone is 2. The minimum atomic E-state index is -0.439. The maximum atomic E-state index is 10.1.